The molecule has 0 spiro atoms. The number of nitro benzene ring substituents is 1. The number of aryl methyl sites for hydroxylation is 2. The van der Waals surface area contributed by atoms with Crippen LogP contribution in [0.15, 0.2) is 36.4 Å². The minimum atomic E-state index is -1.05. The van der Waals surface area contributed by atoms with Crippen molar-refractivity contribution in [2.75, 3.05) is 19.0 Å². The standard InChI is InChI=1S/C20H23N3O6/c1-12-6-5-7-13(2)19(12)22-18(24)11-21-20(25)14(3)29-17-9-8-15(28-4)10-16(17)23(26)27/h5-10,14H,11H2,1-4H3,(H,21,25)(H,22,24)/t14-/m1/s1. The van der Waals surface area contributed by atoms with E-state index in [4.69, 9.17) is 9.47 Å². The zero-order chi connectivity index (χ0) is 21.6. The van der Waals surface area contributed by atoms with Gasteiger partial charge in [-0.15, -0.1) is 0 Å². The number of nitrogens with one attached hydrogen (secondary N) is 2. The summed E-state index contributed by atoms with van der Waals surface area (Å²) in [5.74, 6) is -0.743. The molecule has 0 fully saturated rings. The van der Waals surface area contributed by atoms with Gasteiger partial charge >= 0.3 is 5.69 Å². The summed E-state index contributed by atoms with van der Waals surface area (Å²) in [6, 6.07) is 9.69. The van der Waals surface area contributed by atoms with E-state index in [0.29, 0.717) is 11.4 Å². The molecule has 0 aliphatic rings. The fourth-order valence-corrected chi connectivity index (χ4v) is 2.62. The lowest BCUT2D eigenvalue weighted by molar-refractivity contribution is -0.386. The van der Waals surface area contributed by atoms with Crippen LogP contribution in [0.2, 0.25) is 0 Å². The number of hydrogen-bond donors (Lipinski definition) is 2. The van der Waals surface area contributed by atoms with E-state index < -0.39 is 22.8 Å². The van der Waals surface area contributed by atoms with Crippen molar-refractivity contribution in [2.45, 2.75) is 26.9 Å². The molecule has 0 unspecified atom stereocenters. The van der Waals surface area contributed by atoms with Gasteiger partial charge in [-0.3, -0.25) is 19.7 Å². The molecule has 0 bridgehead atoms. The number of nitrogens with zero attached hydrogens (tertiary/aromatic N) is 1. The molecule has 154 valence electrons. The normalized spacial score (nSPS) is 11.3. The second-order valence-electron chi connectivity index (χ2n) is 6.38. The average molecular weight is 401 g/mol. The summed E-state index contributed by atoms with van der Waals surface area (Å²) in [5, 5.41) is 16.4. The lowest BCUT2D eigenvalue weighted by Crippen LogP contribution is -2.40. The molecule has 0 aliphatic heterocycles. The molecular formula is C20H23N3O6. The van der Waals surface area contributed by atoms with Crippen LogP contribution in [0.4, 0.5) is 11.4 Å². The van der Waals surface area contributed by atoms with Crippen LogP contribution >= 0.6 is 0 Å². The molecule has 2 aromatic carbocycles. The molecule has 0 aliphatic carbocycles. The van der Waals surface area contributed by atoms with Crippen LogP contribution in [0.25, 0.3) is 0 Å². The first-order chi connectivity index (χ1) is 13.7. The first-order valence-corrected chi connectivity index (χ1v) is 8.85. The maximum absolute atomic E-state index is 12.2. The predicted molar refractivity (Wildman–Crippen MR) is 107 cm³/mol. The molecule has 29 heavy (non-hydrogen) atoms. The first-order valence-electron chi connectivity index (χ1n) is 8.85. The molecule has 0 radical (unpaired) electrons. The van der Waals surface area contributed by atoms with E-state index in [9.17, 15) is 19.7 Å². The number of ether oxygens (including phenoxy) is 2. The van der Waals surface area contributed by atoms with Crippen molar-refractivity contribution < 1.29 is 24.0 Å². The third kappa shape index (κ3) is 5.68. The van der Waals surface area contributed by atoms with Gasteiger partial charge in [0.2, 0.25) is 5.91 Å². The van der Waals surface area contributed by atoms with Gasteiger partial charge in [0.25, 0.3) is 5.91 Å². The van der Waals surface area contributed by atoms with E-state index >= 15 is 0 Å². The van der Waals surface area contributed by atoms with Gasteiger partial charge in [0.15, 0.2) is 11.9 Å². The molecule has 2 amide bonds. The summed E-state index contributed by atoms with van der Waals surface area (Å²) in [6.45, 7) is 4.93. The van der Waals surface area contributed by atoms with Crippen LogP contribution in [0, 0.1) is 24.0 Å². The summed E-state index contributed by atoms with van der Waals surface area (Å²) < 4.78 is 10.4. The van der Waals surface area contributed by atoms with Crippen molar-refractivity contribution in [1.29, 1.82) is 0 Å². The molecule has 2 aromatic rings. The number of nitro groups is 1. The van der Waals surface area contributed by atoms with Gasteiger partial charge in [-0.2, -0.15) is 0 Å². The zero-order valence-corrected chi connectivity index (χ0v) is 16.6. The summed E-state index contributed by atoms with van der Waals surface area (Å²) in [4.78, 5) is 35.0. The Bertz CT molecular complexity index is 908. The average Bonchev–Trinajstić information content (AvgIpc) is 2.69. The van der Waals surface area contributed by atoms with Crippen LogP contribution in [0.5, 0.6) is 11.5 Å². The second kappa shape index (κ2) is 9.54. The first kappa shape index (κ1) is 21.7. The van der Waals surface area contributed by atoms with Crippen molar-refractivity contribution in [3.63, 3.8) is 0 Å². The minimum Gasteiger partial charge on any atom is -0.496 e. The highest BCUT2D eigenvalue weighted by Crippen LogP contribution is 2.31. The number of benzene rings is 2. The van der Waals surface area contributed by atoms with Gasteiger partial charge in [-0.05, 0) is 44.0 Å². The smallest absolute Gasteiger partial charge is 0.314 e. The fraction of sp³-hybridized carbons (Fsp3) is 0.300. The summed E-state index contributed by atoms with van der Waals surface area (Å²) in [5.41, 5.74) is 2.20. The van der Waals surface area contributed by atoms with Crippen molar-refractivity contribution in [2.24, 2.45) is 0 Å². The van der Waals surface area contributed by atoms with Crippen molar-refractivity contribution >= 4 is 23.2 Å². The summed E-state index contributed by atoms with van der Waals surface area (Å²) >= 11 is 0. The molecule has 2 N–H and O–H groups in total. The Morgan fingerprint density at radius 1 is 1.17 bits per heavy atom. The highest BCUT2D eigenvalue weighted by atomic mass is 16.6. The Labute approximate surface area is 168 Å². The third-order valence-electron chi connectivity index (χ3n) is 4.20. The van der Waals surface area contributed by atoms with Crippen molar-refractivity contribution in [3.05, 3.63) is 57.6 Å². The van der Waals surface area contributed by atoms with Gasteiger partial charge in [0, 0.05) is 5.69 Å². The van der Waals surface area contributed by atoms with E-state index in [0.717, 1.165) is 11.1 Å². The molecular weight excluding hydrogens is 378 g/mol. The van der Waals surface area contributed by atoms with Gasteiger partial charge < -0.3 is 20.1 Å². The van der Waals surface area contributed by atoms with Gasteiger partial charge in [0.1, 0.15) is 5.75 Å². The SMILES string of the molecule is COc1ccc(O[C@H](C)C(=O)NCC(=O)Nc2c(C)cccc2C)c([N+](=O)[O-])c1. The molecule has 0 aromatic heterocycles. The van der Waals surface area contributed by atoms with E-state index in [-0.39, 0.29) is 18.0 Å². The number of carbonyl (C=O) groups excluding carboxylic acids is 2. The topological polar surface area (TPSA) is 120 Å². The van der Waals surface area contributed by atoms with Gasteiger partial charge in [0.05, 0.1) is 24.6 Å². The van der Waals surface area contributed by atoms with E-state index in [1.807, 2.05) is 32.0 Å². The maximum atomic E-state index is 12.2. The summed E-state index contributed by atoms with van der Waals surface area (Å²) in [7, 11) is 1.39. The molecule has 0 saturated heterocycles. The highest BCUT2D eigenvalue weighted by molar-refractivity contribution is 5.96. The monoisotopic (exact) mass is 401 g/mol. The van der Waals surface area contributed by atoms with Crippen molar-refractivity contribution in [1.82, 2.24) is 5.32 Å². The molecule has 0 saturated carbocycles. The third-order valence-corrected chi connectivity index (χ3v) is 4.20. The largest absolute Gasteiger partial charge is 0.496 e. The van der Waals surface area contributed by atoms with E-state index in [2.05, 4.69) is 10.6 Å². The van der Waals surface area contributed by atoms with Gasteiger partial charge in [-0.1, -0.05) is 18.2 Å². The van der Waals surface area contributed by atoms with Crippen LogP contribution < -0.4 is 20.1 Å². The predicted octanol–water partition coefficient (Wildman–Crippen LogP) is 2.74. The van der Waals surface area contributed by atoms with E-state index in [1.54, 1.807) is 0 Å². The summed E-state index contributed by atoms with van der Waals surface area (Å²) in [6.07, 6.45) is -1.05. The Kier molecular flexibility index (Phi) is 7.13. The molecule has 9 nitrogen and oxygen atoms in total. The van der Waals surface area contributed by atoms with Crippen molar-refractivity contribution in [3.8, 4) is 11.5 Å². The van der Waals surface area contributed by atoms with Crippen LogP contribution in [-0.2, 0) is 9.59 Å². The number of carbonyl (C=O) groups is 2. The molecule has 1 atom stereocenters. The Morgan fingerprint density at radius 2 is 1.83 bits per heavy atom. The lowest BCUT2D eigenvalue weighted by atomic mass is 10.1. The van der Waals surface area contributed by atoms with Crippen LogP contribution in [0.3, 0.4) is 0 Å². The number of rotatable bonds is 8. The zero-order valence-electron chi connectivity index (χ0n) is 16.6. The number of para-hydroxylation sites is 1. The quantitative estimate of drug-likeness (QED) is 0.518. The minimum absolute atomic E-state index is 0.0709. The van der Waals surface area contributed by atoms with Gasteiger partial charge in [-0.25, -0.2) is 0 Å². The highest BCUT2D eigenvalue weighted by Gasteiger charge is 2.22. The molecule has 0 heterocycles. The second-order valence-corrected chi connectivity index (χ2v) is 6.38. The Balaban J connectivity index is 1.96. The Hall–Kier alpha value is -3.62. The molecule has 2 rings (SSSR count). The van der Waals surface area contributed by atoms with Crippen LogP contribution in [0.1, 0.15) is 18.1 Å². The number of amides is 2. The fourth-order valence-electron chi connectivity index (χ4n) is 2.62. The van der Waals surface area contributed by atoms with E-state index in [1.165, 1.54) is 32.2 Å². The maximum Gasteiger partial charge on any atom is 0.314 e. The van der Waals surface area contributed by atoms with Crippen LogP contribution in [-0.4, -0.2) is 36.5 Å². The lowest BCUT2D eigenvalue weighted by Gasteiger charge is -2.16. The molecule has 9 heteroatoms. The number of anilines is 1. The Morgan fingerprint density at radius 3 is 2.41 bits per heavy atom. The number of methoxy groups -OCH3 is 1. The number of hydrogen-bond acceptors (Lipinski definition) is 6.